The topological polar surface area (TPSA) is 111 Å². The number of aromatic nitrogens is 2. The first-order valence-corrected chi connectivity index (χ1v) is 7.84. The number of nitrogens with one attached hydrogen (secondary N) is 3. The van der Waals surface area contributed by atoms with Gasteiger partial charge < -0.3 is 10.6 Å². The van der Waals surface area contributed by atoms with Crippen LogP contribution in [0.25, 0.3) is 0 Å². The van der Waals surface area contributed by atoms with E-state index in [4.69, 9.17) is 5.26 Å². The van der Waals surface area contributed by atoms with Gasteiger partial charge >= 0.3 is 11.8 Å². The molecule has 0 bridgehead atoms. The third kappa shape index (κ3) is 3.76. The fourth-order valence-corrected chi connectivity index (χ4v) is 2.48. The van der Waals surface area contributed by atoms with Crippen LogP contribution < -0.4 is 10.6 Å². The van der Waals surface area contributed by atoms with Gasteiger partial charge in [0.05, 0.1) is 12.2 Å². The van der Waals surface area contributed by atoms with Gasteiger partial charge in [0.15, 0.2) is 0 Å². The van der Waals surface area contributed by atoms with Crippen molar-refractivity contribution in [3.8, 4) is 6.07 Å². The van der Waals surface area contributed by atoms with Crippen LogP contribution >= 0.6 is 0 Å². The Hall–Kier alpha value is -3.92. The predicted molar refractivity (Wildman–Crippen MR) is 94.8 cm³/mol. The lowest BCUT2D eigenvalue weighted by Gasteiger charge is -2.19. The molecule has 128 valence electrons. The van der Waals surface area contributed by atoms with Crippen LogP contribution in [0.15, 0.2) is 66.9 Å². The van der Waals surface area contributed by atoms with Crippen molar-refractivity contribution in [1.29, 1.82) is 5.26 Å². The highest BCUT2D eigenvalue weighted by Gasteiger charge is 2.22. The molecule has 3 N–H and O–H groups in total. The van der Waals surface area contributed by atoms with Gasteiger partial charge in [-0.15, -0.1) is 0 Å². The van der Waals surface area contributed by atoms with Crippen LogP contribution in [0.2, 0.25) is 0 Å². The molecule has 0 aliphatic rings. The van der Waals surface area contributed by atoms with E-state index in [2.05, 4.69) is 20.8 Å². The molecule has 3 rings (SSSR count). The Kier molecular flexibility index (Phi) is 5.05. The summed E-state index contributed by atoms with van der Waals surface area (Å²) >= 11 is 0. The van der Waals surface area contributed by atoms with Crippen molar-refractivity contribution < 1.29 is 9.59 Å². The molecule has 0 atom stereocenters. The summed E-state index contributed by atoms with van der Waals surface area (Å²) in [5.74, 6) is -1.62. The molecule has 1 aromatic heterocycles. The number of nitriles is 1. The Balaban J connectivity index is 1.79. The van der Waals surface area contributed by atoms with E-state index in [0.29, 0.717) is 0 Å². The fraction of sp³-hybridized carbons (Fsp3) is 0.0526. The number of hydrogen-bond donors (Lipinski definition) is 3. The van der Waals surface area contributed by atoms with Crippen LogP contribution in [0.3, 0.4) is 0 Å². The number of carbonyl (C=O) groups is 2. The van der Waals surface area contributed by atoms with Crippen LogP contribution in [0.5, 0.6) is 0 Å². The number of hydrogen-bond acceptors (Lipinski definition) is 4. The zero-order valence-corrected chi connectivity index (χ0v) is 13.6. The van der Waals surface area contributed by atoms with E-state index in [9.17, 15) is 9.59 Å². The molecule has 3 aromatic rings. The molecule has 0 fully saturated rings. The van der Waals surface area contributed by atoms with E-state index in [1.807, 2.05) is 66.7 Å². The third-order valence-corrected chi connectivity index (χ3v) is 3.75. The maximum absolute atomic E-state index is 12.4. The monoisotopic (exact) mass is 345 g/mol. The summed E-state index contributed by atoms with van der Waals surface area (Å²) in [5.41, 5.74) is 1.84. The number of anilines is 1. The Labute approximate surface area is 149 Å². The minimum Gasteiger partial charge on any atom is -0.337 e. The molecule has 2 aromatic carbocycles. The van der Waals surface area contributed by atoms with Crippen molar-refractivity contribution in [2.24, 2.45) is 0 Å². The normalized spacial score (nSPS) is 10.2. The van der Waals surface area contributed by atoms with Crippen molar-refractivity contribution in [1.82, 2.24) is 15.5 Å². The van der Waals surface area contributed by atoms with Gasteiger partial charge in [0, 0.05) is 0 Å². The van der Waals surface area contributed by atoms with Crippen LogP contribution in [0.4, 0.5) is 5.82 Å². The third-order valence-electron chi connectivity index (χ3n) is 3.75. The summed E-state index contributed by atoms with van der Waals surface area (Å²) < 4.78 is 0. The van der Waals surface area contributed by atoms with Crippen molar-refractivity contribution in [2.45, 2.75) is 6.04 Å². The van der Waals surface area contributed by atoms with Crippen LogP contribution in [0.1, 0.15) is 22.7 Å². The molecule has 26 heavy (non-hydrogen) atoms. The second-order valence-corrected chi connectivity index (χ2v) is 5.45. The number of carbonyl (C=O) groups excluding carboxylic acids is 2. The Morgan fingerprint density at radius 3 is 2.08 bits per heavy atom. The summed E-state index contributed by atoms with van der Waals surface area (Å²) in [4.78, 5) is 24.6. The molecule has 7 heteroatoms. The predicted octanol–water partition coefficient (Wildman–Crippen LogP) is 2.13. The zero-order chi connectivity index (χ0) is 18.4. The molecule has 0 unspecified atom stereocenters. The maximum atomic E-state index is 12.4. The lowest BCUT2D eigenvalue weighted by molar-refractivity contribution is -0.136. The standard InChI is InChI=1S/C19H15N5O2/c20-11-15-12-21-24-17(15)23-19(26)18(25)22-16(13-7-3-1-4-8-13)14-9-5-2-6-10-14/h1-10,12,16H,(H,22,25)(H2,21,23,24,26). The molecule has 2 amide bonds. The second-order valence-electron chi connectivity index (χ2n) is 5.45. The summed E-state index contributed by atoms with van der Waals surface area (Å²) in [6.07, 6.45) is 1.27. The average Bonchev–Trinajstić information content (AvgIpc) is 3.14. The van der Waals surface area contributed by atoms with E-state index in [1.165, 1.54) is 6.20 Å². The van der Waals surface area contributed by atoms with Gasteiger partial charge in [-0.3, -0.25) is 14.7 Å². The smallest absolute Gasteiger partial charge is 0.314 e. The van der Waals surface area contributed by atoms with Gasteiger partial charge in [-0.2, -0.15) is 10.4 Å². The Bertz CT molecular complexity index is 905. The van der Waals surface area contributed by atoms with Gasteiger partial charge in [-0.1, -0.05) is 60.7 Å². The quantitative estimate of drug-likeness (QED) is 0.629. The molecular formula is C19H15N5O2. The van der Waals surface area contributed by atoms with E-state index in [-0.39, 0.29) is 11.4 Å². The first-order valence-electron chi connectivity index (χ1n) is 7.84. The van der Waals surface area contributed by atoms with Crippen molar-refractivity contribution in [3.63, 3.8) is 0 Å². The highest BCUT2D eigenvalue weighted by Crippen LogP contribution is 2.21. The van der Waals surface area contributed by atoms with Crippen LogP contribution in [0, 0.1) is 11.3 Å². The van der Waals surface area contributed by atoms with Gasteiger partial charge in [0.1, 0.15) is 17.5 Å². The molecule has 0 aliphatic carbocycles. The van der Waals surface area contributed by atoms with Crippen LogP contribution in [-0.4, -0.2) is 22.0 Å². The van der Waals surface area contributed by atoms with E-state index < -0.39 is 17.9 Å². The number of nitrogens with zero attached hydrogens (tertiary/aromatic N) is 2. The summed E-state index contributed by atoms with van der Waals surface area (Å²) in [5, 5.41) is 20.2. The lowest BCUT2D eigenvalue weighted by atomic mass is 9.99. The van der Waals surface area contributed by atoms with Crippen molar-refractivity contribution in [2.75, 3.05) is 5.32 Å². The Morgan fingerprint density at radius 1 is 0.962 bits per heavy atom. The van der Waals surface area contributed by atoms with Crippen molar-refractivity contribution >= 4 is 17.6 Å². The minimum absolute atomic E-state index is 0.0867. The first kappa shape index (κ1) is 16.9. The largest absolute Gasteiger partial charge is 0.337 e. The molecule has 0 radical (unpaired) electrons. The Morgan fingerprint density at radius 2 is 1.54 bits per heavy atom. The molecule has 0 aliphatic heterocycles. The van der Waals surface area contributed by atoms with Gasteiger partial charge in [0.2, 0.25) is 0 Å². The molecule has 1 heterocycles. The molecule has 7 nitrogen and oxygen atoms in total. The second kappa shape index (κ2) is 7.77. The maximum Gasteiger partial charge on any atom is 0.314 e. The van der Waals surface area contributed by atoms with E-state index in [0.717, 1.165) is 11.1 Å². The minimum atomic E-state index is -0.886. The van der Waals surface area contributed by atoms with Crippen molar-refractivity contribution in [3.05, 3.63) is 83.6 Å². The van der Waals surface area contributed by atoms with Gasteiger partial charge in [0.25, 0.3) is 0 Å². The van der Waals surface area contributed by atoms with E-state index in [1.54, 1.807) is 0 Å². The number of amides is 2. The molecule has 0 saturated heterocycles. The SMILES string of the molecule is N#Cc1cn[nH]c1NC(=O)C(=O)NC(c1ccccc1)c1ccccc1. The number of H-pyrrole nitrogens is 1. The summed E-state index contributed by atoms with van der Waals surface area (Å²) in [6.45, 7) is 0. The van der Waals surface area contributed by atoms with Crippen LogP contribution in [-0.2, 0) is 9.59 Å². The summed E-state index contributed by atoms with van der Waals surface area (Å²) in [6, 6.07) is 20.1. The fourth-order valence-electron chi connectivity index (χ4n) is 2.48. The number of aromatic amines is 1. The highest BCUT2D eigenvalue weighted by atomic mass is 16.2. The highest BCUT2D eigenvalue weighted by molar-refractivity contribution is 6.39. The first-order chi connectivity index (χ1) is 12.7. The number of rotatable bonds is 4. The molecule has 0 saturated carbocycles. The molecule has 0 spiro atoms. The zero-order valence-electron chi connectivity index (χ0n) is 13.6. The summed E-state index contributed by atoms with van der Waals surface area (Å²) in [7, 11) is 0. The average molecular weight is 345 g/mol. The lowest BCUT2D eigenvalue weighted by Crippen LogP contribution is -2.38. The van der Waals surface area contributed by atoms with Gasteiger partial charge in [-0.05, 0) is 11.1 Å². The molecular weight excluding hydrogens is 330 g/mol. The van der Waals surface area contributed by atoms with E-state index >= 15 is 0 Å². The number of benzene rings is 2. The van der Waals surface area contributed by atoms with Gasteiger partial charge in [-0.25, -0.2) is 0 Å².